The Kier molecular flexibility index (Phi) is 6.86. The predicted octanol–water partition coefficient (Wildman–Crippen LogP) is 3.79. The number of aromatic amines is 1. The van der Waals surface area contributed by atoms with Crippen LogP contribution in [0.15, 0.2) is 59.4 Å². The highest BCUT2D eigenvalue weighted by Gasteiger charge is 2.41. The number of aromatic nitrogens is 3. The largest absolute Gasteiger partial charge is 0.489 e. The fraction of sp³-hybridized carbons (Fsp3) is 0.345. The van der Waals surface area contributed by atoms with Crippen LogP contribution >= 0.6 is 11.3 Å². The van der Waals surface area contributed by atoms with E-state index in [2.05, 4.69) is 20.5 Å². The van der Waals surface area contributed by atoms with Gasteiger partial charge >= 0.3 is 4.87 Å². The fourth-order valence-electron chi connectivity index (χ4n) is 5.32. The number of benzene rings is 2. The molecule has 0 bridgehead atoms. The highest BCUT2D eigenvalue weighted by molar-refractivity contribution is 7.08. The number of likely N-dealkylation sites (tertiary alicyclic amines) is 1. The first-order valence-corrected chi connectivity index (χ1v) is 14.0. The van der Waals surface area contributed by atoms with Crippen LogP contribution in [0.3, 0.4) is 0 Å². The molecular formula is C29H29N5O4S. The first-order valence-electron chi connectivity index (χ1n) is 13.2. The molecule has 2 aromatic heterocycles. The smallest absolute Gasteiger partial charge is 0.322 e. The van der Waals surface area contributed by atoms with Crippen LogP contribution in [-0.4, -0.2) is 51.0 Å². The zero-order valence-corrected chi connectivity index (χ0v) is 22.4. The Balaban J connectivity index is 1.13. The number of rotatable bonds is 7. The van der Waals surface area contributed by atoms with Crippen molar-refractivity contribution >= 4 is 34.1 Å². The van der Waals surface area contributed by atoms with Crippen LogP contribution in [0, 0.1) is 12.8 Å². The molecule has 2 amide bonds. The molecule has 2 aliphatic rings. The van der Waals surface area contributed by atoms with E-state index in [0.717, 1.165) is 52.8 Å². The molecule has 1 saturated carbocycles. The van der Waals surface area contributed by atoms with E-state index in [1.165, 1.54) is 0 Å². The van der Waals surface area contributed by atoms with Crippen molar-refractivity contribution in [1.82, 2.24) is 25.4 Å². The zero-order chi connectivity index (χ0) is 26.9. The highest BCUT2D eigenvalue weighted by atomic mass is 32.1. The van der Waals surface area contributed by atoms with Gasteiger partial charge in [-0.2, -0.15) is 5.10 Å². The normalized spacial score (nSPS) is 19.2. The number of para-hydroxylation sites is 1. The van der Waals surface area contributed by atoms with Crippen molar-refractivity contribution in [2.24, 2.45) is 5.92 Å². The molecular weight excluding hydrogens is 514 g/mol. The first kappa shape index (κ1) is 25.2. The second kappa shape index (κ2) is 10.6. The summed E-state index contributed by atoms with van der Waals surface area (Å²) >= 11 is 1.03. The van der Waals surface area contributed by atoms with Crippen molar-refractivity contribution in [3.05, 3.63) is 86.1 Å². The van der Waals surface area contributed by atoms with E-state index in [-0.39, 0.29) is 34.6 Å². The maximum absolute atomic E-state index is 13.2. The Morgan fingerprint density at radius 3 is 2.64 bits per heavy atom. The first-order chi connectivity index (χ1) is 18.9. The molecule has 2 aromatic carbocycles. The molecule has 4 aromatic rings. The minimum absolute atomic E-state index is 0.0691. The molecule has 3 heterocycles. The van der Waals surface area contributed by atoms with Gasteiger partial charge in [0, 0.05) is 41.2 Å². The van der Waals surface area contributed by atoms with Crippen LogP contribution in [0.25, 0.3) is 10.9 Å². The summed E-state index contributed by atoms with van der Waals surface area (Å²) in [6.45, 7) is 3.20. The lowest BCUT2D eigenvalue weighted by Gasteiger charge is -2.29. The predicted molar refractivity (Wildman–Crippen MR) is 148 cm³/mol. The number of hydrogen-bond donors (Lipinski definition) is 2. The number of hydrogen-bond acceptors (Lipinski definition) is 7. The minimum atomic E-state index is -0.334. The van der Waals surface area contributed by atoms with Crippen LogP contribution in [-0.2, 0) is 11.4 Å². The Bertz CT molecular complexity index is 1580. The Morgan fingerprint density at radius 2 is 1.92 bits per heavy atom. The summed E-state index contributed by atoms with van der Waals surface area (Å²) in [7, 11) is 0. The summed E-state index contributed by atoms with van der Waals surface area (Å²) in [5, 5.41) is 11.4. The number of aryl methyl sites for hydroxylation is 1. The molecule has 6 rings (SSSR count). The van der Waals surface area contributed by atoms with Crippen LogP contribution < -0.4 is 14.9 Å². The number of H-pyrrole nitrogens is 1. The summed E-state index contributed by atoms with van der Waals surface area (Å²) in [5.41, 5.74) is 3.40. The highest BCUT2D eigenvalue weighted by Crippen LogP contribution is 2.33. The van der Waals surface area contributed by atoms with Gasteiger partial charge in [0.1, 0.15) is 17.4 Å². The van der Waals surface area contributed by atoms with Crippen molar-refractivity contribution in [3.8, 4) is 5.75 Å². The number of carbonyl (C=O) groups is 2. The second-order valence-electron chi connectivity index (χ2n) is 10.3. The molecule has 1 saturated heterocycles. The summed E-state index contributed by atoms with van der Waals surface area (Å²) in [6, 6.07) is 16.7. The third-order valence-corrected chi connectivity index (χ3v) is 8.49. The average Bonchev–Trinajstić information content (AvgIpc) is 3.52. The van der Waals surface area contributed by atoms with Gasteiger partial charge in [-0.3, -0.25) is 19.4 Å². The molecule has 39 heavy (non-hydrogen) atoms. The van der Waals surface area contributed by atoms with Gasteiger partial charge in [0.05, 0.1) is 17.5 Å². The number of nitrogens with one attached hydrogen (secondary N) is 2. The minimum Gasteiger partial charge on any atom is -0.489 e. The number of ether oxygens (including phenoxy) is 1. The van der Waals surface area contributed by atoms with E-state index in [1.54, 1.807) is 24.3 Å². The van der Waals surface area contributed by atoms with Crippen molar-refractivity contribution in [3.63, 3.8) is 0 Å². The molecule has 200 valence electrons. The van der Waals surface area contributed by atoms with Crippen LogP contribution in [0.4, 0.5) is 0 Å². The third-order valence-electron chi connectivity index (χ3n) is 7.62. The summed E-state index contributed by atoms with van der Waals surface area (Å²) < 4.78 is 6.04. The molecule has 9 nitrogen and oxygen atoms in total. The third kappa shape index (κ3) is 5.29. The Labute approximate surface area is 229 Å². The van der Waals surface area contributed by atoms with Gasteiger partial charge in [0.25, 0.3) is 5.91 Å². The lowest BCUT2D eigenvalue weighted by atomic mass is 9.84. The molecule has 2 N–H and O–H groups in total. The topological polar surface area (TPSA) is 117 Å². The fourth-order valence-corrected chi connectivity index (χ4v) is 6.09. The molecule has 0 spiro atoms. The van der Waals surface area contributed by atoms with Crippen molar-refractivity contribution < 1.29 is 14.3 Å². The van der Waals surface area contributed by atoms with E-state index in [1.807, 2.05) is 42.2 Å². The molecule has 10 heteroatoms. The van der Waals surface area contributed by atoms with Gasteiger partial charge in [-0.1, -0.05) is 36.0 Å². The van der Waals surface area contributed by atoms with Gasteiger partial charge in [0.15, 0.2) is 0 Å². The van der Waals surface area contributed by atoms with Gasteiger partial charge in [-0.15, -0.1) is 0 Å². The van der Waals surface area contributed by atoms with Crippen LogP contribution in [0.1, 0.15) is 51.8 Å². The van der Waals surface area contributed by atoms with E-state index in [0.29, 0.717) is 36.0 Å². The van der Waals surface area contributed by atoms with E-state index in [4.69, 9.17) is 4.74 Å². The quantitative estimate of drug-likeness (QED) is 0.366. The molecule has 2 atom stereocenters. The monoisotopic (exact) mass is 543 g/mol. The van der Waals surface area contributed by atoms with Crippen molar-refractivity contribution in [2.45, 2.75) is 44.8 Å². The SMILES string of the molecule is Cc1cc(COc2ccc(C(=O)N[C@@H]3CN(C(=O)C4CCC4)C[C@@H]3c3n[nH]c(=O)s3)cc2)c2ccccc2n1. The Hall–Kier alpha value is -4.05. The molecule has 0 radical (unpaired) electrons. The number of amides is 2. The van der Waals surface area contributed by atoms with Crippen molar-refractivity contribution in [2.75, 3.05) is 13.1 Å². The van der Waals surface area contributed by atoms with Crippen molar-refractivity contribution in [1.29, 1.82) is 0 Å². The lowest BCUT2D eigenvalue weighted by Crippen LogP contribution is -2.42. The number of fused-ring (bicyclic) bond motifs is 1. The number of carbonyl (C=O) groups excluding carboxylic acids is 2. The zero-order valence-electron chi connectivity index (χ0n) is 21.6. The molecule has 1 aliphatic carbocycles. The summed E-state index contributed by atoms with van der Waals surface area (Å²) in [5.74, 6) is 0.378. The maximum Gasteiger partial charge on any atom is 0.322 e. The molecule has 0 unspecified atom stereocenters. The Morgan fingerprint density at radius 1 is 1.13 bits per heavy atom. The van der Waals surface area contributed by atoms with Gasteiger partial charge < -0.3 is 15.0 Å². The summed E-state index contributed by atoms with van der Waals surface area (Å²) in [4.78, 5) is 44.0. The molecule has 2 fully saturated rings. The van der Waals surface area contributed by atoms with E-state index < -0.39 is 0 Å². The van der Waals surface area contributed by atoms with E-state index in [9.17, 15) is 14.4 Å². The van der Waals surface area contributed by atoms with Gasteiger partial charge in [-0.25, -0.2) is 5.10 Å². The van der Waals surface area contributed by atoms with Crippen LogP contribution in [0.5, 0.6) is 5.75 Å². The second-order valence-corrected chi connectivity index (χ2v) is 11.3. The van der Waals surface area contributed by atoms with Crippen LogP contribution in [0.2, 0.25) is 0 Å². The summed E-state index contributed by atoms with van der Waals surface area (Å²) in [6.07, 6.45) is 2.91. The van der Waals surface area contributed by atoms with E-state index >= 15 is 0 Å². The lowest BCUT2D eigenvalue weighted by molar-refractivity contribution is -0.137. The maximum atomic E-state index is 13.2. The number of pyridine rings is 1. The average molecular weight is 544 g/mol. The molecule has 1 aliphatic heterocycles. The van der Waals surface area contributed by atoms with Gasteiger partial charge in [-0.05, 0) is 56.2 Å². The van der Waals surface area contributed by atoms with Gasteiger partial charge in [0.2, 0.25) is 5.91 Å². The standard InChI is InChI=1S/C29H29N5O4S/c1-17-13-20(22-7-2-3-8-24(22)30-17)16-38-21-11-9-18(10-12-21)26(35)31-25-15-34(28(36)19-5-4-6-19)14-23(25)27-32-33-29(37)39-27/h2-3,7-13,19,23,25H,4-6,14-16H2,1H3,(H,31,35)(H,33,37)/t23-,25+/m0/s1. The number of nitrogens with zero attached hydrogens (tertiary/aromatic N) is 3.